The van der Waals surface area contributed by atoms with Crippen LogP contribution in [0.2, 0.25) is 0 Å². The Morgan fingerprint density at radius 2 is 1.90 bits per heavy atom. The monoisotopic (exact) mass is 291 g/mol. The van der Waals surface area contributed by atoms with Crippen LogP contribution in [0.3, 0.4) is 0 Å². The number of hydrogen-bond acceptors (Lipinski definition) is 2. The fourth-order valence-corrected chi connectivity index (χ4v) is 4.46. The molecule has 0 aliphatic heterocycles. The second-order valence-electron chi connectivity index (χ2n) is 6.79. The Labute approximate surface area is 126 Å². The quantitative estimate of drug-likeness (QED) is 0.893. The number of hydrogen-bond donors (Lipinski definition) is 1. The fraction of sp³-hybridized carbons (Fsp3) is 0.667. The van der Waals surface area contributed by atoms with Crippen molar-refractivity contribution in [3.05, 3.63) is 29.6 Å². The van der Waals surface area contributed by atoms with Gasteiger partial charge >= 0.3 is 0 Å². The molecule has 2 nitrogen and oxygen atoms in total. The Morgan fingerprint density at radius 1 is 1.14 bits per heavy atom. The Balaban J connectivity index is 1.76. The number of nitrogens with two attached hydrogens (primary N) is 1. The van der Waals surface area contributed by atoms with Crippen LogP contribution in [0.4, 0.5) is 4.39 Å². The van der Waals surface area contributed by atoms with Crippen LogP contribution in [-0.4, -0.2) is 7.11 Å². The van der Waals surface area contributed by atoms with Crippen LogP contribution in [0.1, 0.15) is 56.6 Å². The molecule has 1 aromatic carbocycles. The molecule has 0 radical (unpaired) electrons. The highest BCUT2D eigenvalue weighted by atomic mass is 19.1. The lowest BCUT2D eigenvalue weighted by molar-refractivity contribution is 0.117. The van der Waals surface area contributed by atoms with E-state index < -0.39 is 0 Å². The number of benzene rings is 1. The Kier molecular flexibility index (Phi) is 4.48. The highest BCUT2D eigenvalue weighted by Crippen LogP contribution is 2.46. The molecule has 116 valence electrons. The lowest BCUT2D eigenvalue weighted by atomic mass is 9.65. The number of rotatable bonds is 3. The molecule has 4 unspecified atom stereocenters. The average Bonchev–Trinajstić information content (AvgIpc) is 2.53. The Morgan fingerprint density at radius 3 is 2.67 bits per heavy atom. The van der Waals surface area contributed by atoms with Crippen LogP contribution in [0, 0.1) is 23.6 Å². The van der Waals surface area contributed by atoms with Gasteiger partial charge in [0.25, 0.3) is 0 Å². The molecule has 2 aliphatic carbocycles. The molecule has 3 heteroatoms. The van der Waals surface area contributed by atoms with E-state index in [4.69, 9.17) is 10.5 Å². The molecule has 4 atom stereocenters. The molecule has 0 saturated heterocycles. The molecular formula is C18H26FNO. The SMILES string of the molecule is COc1ccc(F)cc1C(N)C1CCC2CCCCC2C1. The minimum atomic E-state index is -0.229. The van der Waals surface area contributed by atoms with E-state index >= 15 is 0 Å². The summed E-state index contributed by atoms with van der Waals surface area (Å²) in [5.41, 5.74) is 7.32. The zero-order valence-corrected chi connectivity index (χ0v) is 12.9. The molecule has 3 rings (SSSR count). The summed E-state index contributed by atoms with van der Waals surface area (Å²) >= 11 is 0. The zero-order chi connectivity index (χ0) is 14.8. The highest BCUT2D eigenvalue weighted by Gasteiger charge is 2.35. The lowest BCUT2D eigenvalue weighted by Crippen LogP contribution is -2.33. The molecule has 0 amide bonds. The van der Waals surface area contributed by atoms with Gasteiger partial charge in [0, 0.05) is 11.6 Å². The van der Waals surface area contributed by atoms with Crippen LogP contribution in [-0.2, 0) is 0 Å². The van der Waals surface area contributed by atoms with Gasteiger partial charge in [-0.05, 0) is 55.2 Å². The zero-order valence-electron chi connectivity index (χ0n) is 12.9. The standard InChI is InChI=1S/C18H26FNO/c1-21-17-9-8-15(19)11-16(17)18(20)14-7-6-12-4-2-3-5-13(12)10-14/h8-9,11-14,18H,2-7,10,20H2,1H3. The van der Waals surface area contributed by atoms with Crippen LogP contribution in [0.25, 0.3) is 0 Å². The van der Waals surface area contributed by atoms with Gasteiger partial charge in [-0.25, -0.2) is 4.39 Å². The van der Waals surface area contributed by atoms with Crippen molar-refractivity contribution in [3.8, 4) is 5.75 Å². The van der Waals surface area contributed by atoms with Crippen molar-refractivity contribution in [1.82, 2.24) is 0 Å². The van der Waals surface area contributed by atoms with Gasteiger partial charge in [-0.15, -0.1) is 0 Å². The molecule has 0 bridgehead atoms. The molecule has 0 aromatic heterocycles. The lowest BCUT2D eigenvalue weighted by Gasteiger charge is -2.41. The average molecular weight is 291 g/mol. The summed E-state index contributed by atoms with van der Waals surface area (Å²) in [5, 5.41) is 0. The predicted octanol–water partition coefficient (Wildman–Crippen LogP) is 4.44. The van der Waals surface area contributed by atoms with E-state index in [1.54, 1.807) is 19.2 Å². The van der Waals surface area contributed by atoms with Gasteiger partial charge < -0.3 is 10.5 Å². The summed E-state index contributed by atoms with van der Waals surface area (Å²) in [7, 11) is 1.63. The van der Waals surface area contributed by atoms with Crippen molar-refractivity contribution in [3.63, 3.8) is 0 Å². The van der Waals surface area contributed by atoms with Crippen LogP contribution in [0.15, 0.2) is 18.2 Å². The molecule has 21 heavy (non-hydrogen) atoms. The van der Waals surface area contributed by atoms with Crippen molar-refractivity contribution in [1.29, 1.82) is 0 Å². The third-order valence-electron chi connectivity index (χ3n) is 5.64. The van der Waals surface area contributed by atoms with E-state index in [2.05, 4.69) is 0 Å². The van der Waals surface area contributed by atoms with Gasteiger partial charge in [-0.3, -0.25) is 0 Å². The predicted molar refractivity (Wildman–Crippen MR) is 82.7 cm³/mol. The summed E-state index contributed by atoms with van der Waals surface area (Å²) in [6, 6.07) is 4.57. The number of halogens is 1. The van der Waals surface area contributed by atoms with Gasteiger partial charge in [-0.2, -0.15) is 0 Å². The maximum absolute atomic E-state index is 13.6. The van der Waals surface area contributed by atoms with Crippen molar-refractivity contribution < 1.29 is 9.13 Å². The van der Waals surface area contributed by atoms with E-state index in [0.29, 0.717) is 5.92 Å². The molecule has 2 aliphatic rings. The van der Waals surface area contributed by atoms with Gasteiger partial charge in [0.15, 0.2) is 0 Å². The molecule has 1 aromatic rings. The van der Waals surface area contributed by atoms with E-state index in [0.717, 1.165) is 23.1 Å². The van der Waals surface area contributed by atoms with Gasteiger partial charge in [0.05, 0.1) is 7.11 Å². The summed E-state index contributed by atoms with van der Waals surface area (Å²) in [5.74, 6) is 2.70. The minimum absolute atomic E-state index is 0.112. The van der Waals surface area contributed by atoms with Crippen LogP contribution in [0.5, 0.6) is 5.75 Å². The maximum atomic E-state index is 13.6. The summed E-state index contributed by atoms with van der Waals surface area (Å²) in [4.78, 5) is 0. The highest BCUT2D eigenvalue weighted by molar-refractivity contribution is 5.36. The molecule has 2 saturated carbocycles. The first kappa shape index (κ1) is 14.8. The molecule has 2 fully saturated rings. The molecule has 0 heterocycles. The second kappa shape index (κ2) is 6.35. The first-order chi connectivity index (χ1) is 10.2. The maximum Gasteiger partial charge on any atom is 0.123 e. The number of methoxy groups -OCH3 is 1. The second-order valence-corrected chi connectivity index (χ2v) is 6.79. The van der Waals surface area contributed by atoms with Gasteiger partial charge in [0.1, 0.15) is 11.6 Å². The summed E-state index contributed by atoms with van der Waals surface area (Å²) in [6.07, 6.45) is 9.18. The smallest absolute Gasteiger partial charge is 0.123 e. The topological polar surface area (TPSA) is 35.2 Å². The van der Waals surface area contributed by atoms with Gasteiger partial charge in [0.2, 0.25) is 0 Å². The van der Waals surface area contributed by atoms with Gasteiger partial charge in [-0.1, -0.05) is 25.7 Å². The number of fused-ring (bicyclic) bond motifs is 1. The summed E-state index contributed by atoms with van der Waals surface area (Å²) < 4.78 is 18.9. The largest absolute Gasteiger partial charge is 0.496 e. The van der Waals surface area contributed by atoms with Crippen molar-refractivity contribution in [2.75, 3.05) is 7.11 Å². The Bertz CT molecular complexity index is 490. The van der Waals surface area contributed by atoms with Crippen molar-refractivity contribution >= 4 is 0 Å². The third kappa shape index (κ3) is 3.08. The fourth-order valence-electron chi connectivity index (χ4n) is 4.46. The van der Waals surface area contributed by atoms with Crippen molar-refractivity contribution in [2.24, 2.45) is 23.5 Å². The van der Waals surface area contributed by atoms with E-state index in [1.807, 2.05) is 0 Å². The van der Waals surface area contributed by atoms with E-state index in [9.17, 15) is 4.39 Å². The van der Waals surface area contributed by atoms with Crippen LogP contribution < -0.4 is 10.5 Å². The Hall–Kier alpha value is -1.09. The van der Waals surface area contributed by atoms with Crippen molar-refractivity contribution in [2.45, 2.75) is 51.0 Å². The molecular weight excluding hydrogens is 265 g/mol. The third-order valence-corrected chi connectivity index (χ3v) is 5.64. The van der Waals surface area contributed by atoms with E-state index in [-0.39, 0.29) is 11.9 Å². The molecule has 0 spiro atoms. The first-order valence-corrected chi connectivity index (χ1v) is 8.28. The van der Waals surface area contributed by atoms with Crippen LogP contribution >= 0.6 is 0 Å². The van der Waals surface area contributed by atoms with E-state index in [1.165, 1.54) is 51.0 Å². The minimum Gasteiger partial charge on any atom is -0.496 e. The first-order valence-electron chi connectivity index (χ1n) is 8.28. The number of ether oxygens (including phenoxy) is 1. The summed E-state index contributed by atoms with van der Waals surface area (Å²) in [6.45, 7) is 0. The normalized spacial score (nSPS) is 30.5. The molecule has 2 N–H and O–H groups in total.